The van der Waals surface area contributed by atoms with Gasteiger partial charge in [0, 0.05) is 15.8 Å². The van der Waals surface area contributed by atoms with Gasteiger partial charge in [0.05, 0.1) is 0 Å². The van der Waals surface area contributed by atoms with Crippen LogP contribution in [0.5, 0.6) is 5.75 Å². The number of halogens is 1. The molecule has 0 unspecified atom stereocenters. The van der Waals surface area contributed by atoms with Crippen molar-refractivity contribution >= 4 is 32.5 Å². The van der Waals surface area contributed by atoms with Crippen LogP contribution in [0, 0.1) is 0 Å². The summed E-state index contributed by atoms with van der Waals surface area (Å²) in [6.07, 6.45) is 0. The highest BCUT2D eigenvalue weighted by Crippen LogP contribution is 2.32. The SMILES string of the molecule is O=S(=O)(O)c1cccc2c(O)cc(Cl)cc12. The smallest absolute Gasteiger partial charge is 0.295 e. The maximum atomic E-state index is 11.1. The quantitative estimate of drug-likeness (QED) is 0.771. The number of hydrogen-bond acceptors (Lipinski definition) is 3. The Morgan fingerprint density at radius 3 is 2.44 bits per heavy atom. The monoisotopic (exact) mass is 258 g/mol. The Hall–Kier alpha value is -1.30. The highest BCUT2D eigenvalue weighted by atomic mass is 35.5. The summed E-state index contributed by atoms with van der Waals surface area (Å²) in [7, 11) is -4.33. The van der Waals surface area contributed by atoms with Gasteiger partial charge in [0.1, 0.15) is 10.6 Å². The van der Waals surface area contributed by atoms with Gasteiger partial charge >= 0.3 is 0 Å². The lowest BCUT2D eigenvalue weighted by molar-refractivity contribution is 0.481. The van der Waals surface area contributed by atoms with E-state index in [9.17, 15) is 13.5 Å². The van der Waals surface area contributed by atoms with E-state index in [1.165, 1.54) is 30.3 Å². The zero-order chi connectivity index (χ0) is 11.9. The molecule has 2 aromatic rings. The van der Waals surface area contributed by atoms with Crippen molar-refractivity contribution in [3.63, 3.8) is 0 Å². The van der Waals surface area contributed by atoms with Crippen LogP contribution < -0.4 is 0 Å². The maximum Gasteiger partial charge on any atom is 0.295 e. The van der Waals surface area contributed by atoms with Crippen molar-refractivity contribution in [1.82, 2.24) is 0 Å². The zero-order valence-corrected chi connectivity index (χ0v) is 9.46. The number of hydrogen-bond donors (Lipinski definition) is 2. The van der Waals surface area contributed by atoms with Crippen molar-refractivity contribution in [1.29, 1.82) is 0 Å². The van der Waals surface area contributed by atoms with Crippen LogP contribution in [-0.2, 0) is 10.1 Å². The summed E-state index contributed by atoms with van der Waals surface area (Å²) < 4.78 is 31.2. The molecule has 0 atom stereocenters. The van der Waals surface area contributed by atoms with E-state index in [0.717, 1.165) is 0 Å². The van der Waals surface area contributed by atoms with Gasteiger partial charge in [-0.15, -0.1) is 0 Å². The van der Waals surface area contributed by atoms with Crippen LogP contribution in [0.4, 0.5) is 0 Å². The molecule has 0 fully saturated rings. The fourth-order valence-electron chi connectivity index (χ4n) is 1.53. The van der Waals surface area contributed by atoms with E-state index in [-0.39, 0.29) is 21.1 Å². The standard InChI is InChI=1S/C10H7ClO4S/c11-6-4-8-7(9(12)5-6)2-1-3-10(8)16(13,14)15/h1-5,12H,(H,13,14,15). The predicted octanol–water partition coefficient (Wildman–Crippen LogP) is 2.45. The molecule has 6 heteroatoms. The molecule has 0 bridgehead atoms. The van der Waals surface area contributed by atoms with E-state index < -0.39 is 10.1 Å². The van der Waals surface area contributed by atoms with Gasteiger partial charge in [-0.25, -0.2) is 0 Å². The van der Waals surface area contributed by atoms with Crippen molar-refractivity contribution in [3.8, 4) is 5.75 Å². The fourth-order valence-corrected chi connectivity index (χ4v) is 2.44. The molecule has 0 saturated carbocycles. The molecule has 2 rings (SSSR count). The topological polar surface area (TPSA) is 74.6 Å². The normalized spacial score (nSPS) is 11.9. The molecule has 0 aromatic heterocycles. The first-order valence-corrected chi connectivity index (χ1v) is 6.10. The lowest BCUT2D eigenvalue weighted by Gasteiger charge is -2.05. The van der Waals surface area contributed by atoms with Gasteiger partial charge in [-0.1, -0.05) is 23.7 Å². The largest absolute Gasteiger partial charge is 0.507 e. The molecule has 0 radical (unpaired) electrons. The molecule has 0 aliphatic rings. The summed E-state index contributed by atoms with van der Waals surface area (Å²) in [6.45, 7) is 0. The van der Waals surface area contributed by atoms with Gasteiger partial charge in [0.2, 0.25) is 0 Å². The summed E-state index contributed by atoms with van der Waals surface area (Å²) in [5.41, 5.74) is 0. The number of phenols is 1. The van der Waals surface area contributed by atoms with Gasteiger partial charge in [-0.05, 0) is 18.2 Å². The Bertz CT molecular complexity index is 664. The Morgan fingerprint density at radius 1 is 1.12 bits per heavy atom. The summed E-state index contributed by atoms with van der Waals surface area (Å²) in [5.74, 6) is -0.131. The lowest BCUT2D eigenvalue weighted by Crippen LogP contribution is -1.98. The molecular formula is C10H7ClO4S. The molecule has 0 aliphatic carbocycles. The molecule has 0 amide bonds. The van der Waals surface area contributed by atoms with Crippen LogP contribution in [0.15, 0.2) is 35.2 Å². The number of phenolic OH excluding ortho intramolecular Hbond substituents is 1. The van der Waals surface area contributed by atoms with Gasteiger partial charge in [-0.2, -0.15) is 8.42 Å². The third kappa shape index (κ3) is 1.84. The first kappa shape index (κ1) is 11.2. The van der Waals surface area contributed by atoms with Gasteiger partial charge < -0.3 is 5.11 Å². The first-order chi connectivity index (χ1) is 7.39. The van der Waals surface area contributed by atoms with Crippen molar-refractivity contribution in [2.75, 3.05) is 0 Å². The van der Waals surface area contributed by atoms with Crippen molar-refractivity contribution in [2.24, 2.45) is 0 Å². The highest BCUT2D eigenvalue weighted by Gasteiger charge is 2.15. The predicted molar refractivity (Wildman–Crippen MR) is 60.4 cm³/mol. The van der Waals surface area contributed by atoms with E-state index in [1.807, 2.05) is 0 Å². The Kier molecular flexibility index (Phi) is 2.53. The van der Waals surface area contributed by atoms with Gasteiger partial charge in [0.25, 0.3) is 10.1 Å². The molecule has 0 saturated heterocycles. The van der Waals surface area contributed by atoms with Crippen LogP contribution in [-0.4, -0.2) is 18.1 Å². The number of fused-ring (bicyclic) bond motifs is 1. The van der Waals surface area contributed by atoms with Gasteiger partial charge in [0.15, 0.2) is 0 Å². The van der Waals surface area contributed by atoms with Crippen LogP contribution in [0.25, 0.3) is 10.8 Å². The van der Waals surface area contributed by atoms with Gasteiger partial charge in [-0.3, -0.25) is 4.55 Å². The molecule has 0 spiro atoms. The molecule has 0 aliphatic heterocycles. The van der Waals surface area contributed by atoms with Crippen LogP contribution in [0.2, 0.25) is 5.02 Å². The van der Waals surface area contributed by atoms with E-state index >= 15 is 0 Å². The third-order valence-corrected chi connectivity index (χ3v) is 3.31. The highest BCUT2D eigenvalue weighted by molar-refractivity contribution is 7.86. The van der Waals surface area contributed by atoms with E-state index in [0.29, 0.717) is 5.39 Å². The number of rotatable bonds is 1. The van der Waals surface area contributed by atoms with Crippen molar-refractivity contribution in [3.05, 3.63) is 35.4 Å². The second-order valence-corrected chi connectivity index (χ2v) is 5.08. The molecule has 2 aromatic carbocycles. The summed E-state index contributed by atoms with van der Waals surface area (Å²) >= 11 is 5.71. The van der Waals surface area contributed by atoms with E-state index in [2.05, 4.69) is 0 Å². The molecule has 16 heavy (non-hydrogen) atoms. The third-order valence-electron chi connectivity index (χ3n) is 2.18. The average Bonchev–Trinajstić information content (AvgIpc) is 2.15. The van der Waals surface area contributed by atoms with Crippen molar-refractivity contribution < 1.29 is 18.1 Å². The first-order valence-electron chi connectivity index (χ1n) is 4.28. The minimum absolute atomic E-state index is 0.131. The molecule has 0 heterocycles. The Morgan fingerprint density at radius 2 is 1.81 bits per heavy atom. The Balaban J connectivity index is 2.98. The van der Waals surface area contributed by atoms with Crippen molar-refractivity contribution in [2.45, 2.75) is 4.90 Å². The molecule has 2 N–H and O–H groups in total. The molecule has 4 nitrogen and oxygen atoms in total. The average molecular weight is 259 g/mol. The molecule has 84 valence electrons. The summed E-state index contributed by atoms with van der Waals surface area (Å²) in [5, 5.41) is 10.3. The number of aromatic hydroxyl groups is 1. The minimum Gasteiger partial charge on any atom is -0.507 e. The summed E-state index contributed by atoms with van der Waals surface area (Å²) in [6, 6.07) is 6.89. The second-order valence-electron chi connectivity index (χ2n) is 3.25. The van der Waals surface area contributed by atoms with E-state index in [4.69, 9.17) is 16.2 Å². The fraction of sp³-hybridized carbons (Fsp3) is 0. The summed E-state index contributed by atoms with van der Waals surface area (Å²) in [4.78, 5) is -0.275. The van der Waals surface area contributed by atoms with Crippen LogP contribution >= 0.6 is 11.6 Å². The number of benzene rings is 2. The lowest BCUT2D eigenvalue weighted by atomic mass is 10.1. The van der Waals surface area contributed by atoms with Crippen LogP contribution in [0.1, 0.15) is 0 Å². The minimum atomic E-state index is -4.33. The maximum absolute atomic E-state index is 11.1. The van der Waals surface area contributed by atoms with Crippen LogP contribution in [0.3, 0.4) is 0 Å². The molecular weight excluding hydrogens is 252 g/mol. The Labute approximate surface area is 96.8 Å². The zero-order valence-electron chi connectivity index (χ0n) is 7.88. The second kappa shape index (κ2) is 3.62. The van der Waals surface area contributed by atoms with E-state index in [1.54, 1.807) is 0 Å².